The minimum atomic E-state index is -0.930. The Labute approximate surface area is 109 Å². The maximum Gasteiger partial charge on any atom is 0.328 e. The van der Waals surface area contributed by atoms with E-state index in [-0.39, 0.29) is 5.92 Å². The van der Waals surface area contributed by atoms with Gasteiger partial charge in [-0.2, -0.15) is 0 Å². The Hall–Kier alpha value is -1.29. The standard InChI is InChI=1S/C13H15BrO3/c1-8(2)10(7-13(15)16)9-4-5-12(17-3)11(14)6-9/h4-8H,1-3H3,(H,15,16)/b10-7+. The van der Waals surface area contributed by atoms with Crippen LogP contribution in [-0.2, 0) is 4.79 Å². The molecule has 0 aromatic heterocycles. The van der Waals surface area contributed by atoms with Crippen molar-refractivity contribution in [1.29, 1.82) is 0 Å². The van der Waals surface area contributed by atoms with Crippen molar-refractivity contribution in [3.63, 3.8) is 0 Å². The van der Waals surface area contributed by atoms with Crippen molar-refractivity contribution < 1.29 is 14.6 Å². The molecule has 17 heavy (non-hydrogen) atoms. The number of hydrogen-bond acceptors (Lipinski definition) is 2. The number of rotatable bonds is 4. The SMILES string of the molecule is COc1ccc(/C(=C/C(=O)O)C(C)C)cc1Br. The molecule has 3 nitrogen and oxygen atoms in total. The lowest BCUT2D eigenvalue weighted by Gasteiger charge is -2.12. The molecule has 0 heterocycles. The molecule has 0 spiro atoms. The normalized spacial score (nSPS) is 11.7. The summed E-state index contributed by atoms with van der Waals surface area (Å²) in [5.41, 5.74) is 1.68. The van der Waals surface area contributed by atoms with Crippen molar-refractivity contribution in [2.45, 2.75) is 13.8 Å². The van der Waals surface area contributed by atoms with Crippen LogP contribution in [0, 0.1) is 5.92 Å². The Morgan fingerprint density at radius 2 is 2.12 bits per heavy atom. The highest BCUT2D eigenvalue weighted by Gasteiger charge is 2.10. The van der Waals surface area contributed by atoms with Crippen LogP contribution in [0.2, 0.25) is 0 Å². The lowest BCUT2D eigenvalue weighted by Crippen LogP contribution is -1.99. The Morgan fingerprint density at radius 1 is 1.47 bits per heavy atom. The first-order valence-corrected chi connectivity index (χ1v) is 6.03. The first-order valence-electron chi connectivity index (χ1n) is 5.24. The second kappa shape index (κ2) is 5.87. The second-order valence-corrected chi connectivity index (χ2v) is 4.80. The molecular weight excluding hydrogens is 284 g/mol. The minimum absolute atomic E-state index is 0.145. The fraction of sp³-hybridized carbons (Fsp3) is 0.308. The highest BCUT2D eigenvalue weighted by Crippen LogP contribution is 2.31. The van der Waals surface area contributed by atoms with Gasteiger partial charge in [0.1, 0.15) is 5.75 Å². The smallest absolute Gasteiger partial charge is 0.328 e. The topological polar surface area (TPSA) is 46.5 Å². The number of aliphatic carboxylic acids is 1. The van der Waals surface area contributed by atoms with E-state index in [4.69, 9.17) is 9.84 Å². The maximum absolute atomic E-state index is 10.8. The third kappa shape index (κ3) is 3.60. The van der Waals surface area contributed by atoms with Gasteiger partial charge in [0.15, 0.2) is 0 Å². The number of hydrogen-bond donors (Lipinski definition) is 1. The molecule has 0 aliphatic rings. The van der Waals surface area contributed by atoms with E-state index in [1.54, 1.807) is 7.11 Å². The van der Waals surface area contributed by atoms with E-state index in [1.807, 2.05) is 32.0 Å². The summed E-state index contributed by atoms with van der Waals surface area (Å²) in [7, 11) is 1.59. The maximum atomic E-state index is 10.8. The van der Waals surface area contributed by atoms with Crippen LogP contribution in [0.4, 0.5) is 0 Å². The van der Waals surface area contributed by atoms with Gasteiger partial charge in [0.2, 0.25) is 0 Å². The lowest BCUT2D eigenvalue weighted by molar-refractivity contribution is -0.131. The summed E-state index contributed by atoms with van der Waals surface area (Å²) in [6, 6.07) is 5.55. The van der Waals surface area contributed by atoms with Crippen LogP contribution in [-0.4, -0.2) is 18.2 Å². The van der Waals surface area contributed by atoms with Gasteiger partial charge in [0.05, 0.1) is 11.6 Å². The van der Waals surface area contributed by atoms with E-state index < -0.39 is 5.97 Å². The fourth-order valence-corrected chi connectivity index (χ4v) is 2.10. The number of halogens is 1. The highest BCUT2D eigenvalue weighted by atomic mass is 79.9. The predicted octanol–water partition coefficient (Wildman–Crippen LogP) is 3.58. The molecule has 0 aliphatic carbocycles. The molecule has 0 fully saturated rings. The zero-order valence-electron chi connectivity index (χ0n) is 10.0. The third-order valence-electron chi connectivity index (χ3n) is 2.39. The molecule has 0 radical (unpaired) electrons. The van der Waals surface area contributed by atoms with Gasteiger partial charge in [0, 0.05) is 6.08 Å². The zero-order valence-corrected chi connectivity index (χ0v) is 11.6. The Morgan fingerprint density at radius 3 is 2.53 bits per heavy atom. The summed E-state index contributed by atoms with van der Waals surface area (Å²) in [6.07, 6.45) is 1.25. The van der Waals surface area contributed by atoms with E-state index in [0.717, 1.165) is 21.4 Å². The van der Waals surface area contributed by atoms with Gasteiger partial charge in [-0.05, 0) is 45.1 Å². The highest BCUT2D eigenvalue weighted by molar-refractivity contribution is 9.10. The Balaban J connectivity index is 3.21. The number of allylic oxidation sites excluding steroid dienone is 1. The fourth-order valence-electron chi connectivity index (χ4n) is 1.56. The van der Waals surface area contributed by atoms with Gasteiger partial charge < -0.3 is 9.84 Å². The average molecular weight is 299 g/mol. The van der Waals surface area contributed by atoms with Crippen molar-refractivity contribution >= 4 is 27.5 Å². The van der Waals surface area contributed by atoms with Crippen molar-refractivity contribution in [1.82, 2.24) is 0 Å². The largest absolute Gasteiger partial charge is 0.496 e. The number of benzene rings is 1. The average Bonchev–Trinajstić information content (AvgIpc) is 2.25. The number of methoxy groups -OCH3 is 1. The second-order valence-electron chi connectivity index (χ2n) is 3.94. The van der Waals surface area contributed by atoms with Crippen LogP contribution < -0.4 is 4.74 Å². The molecule has 4 heteroatoms. The van der Waals surface area contributed by atoms with E-state index >= 15 is 0 Å². The van der Waals surface area contributed by atoms with Crippen LogP contribution in [0.25, 0.3) is 5.57 Å². The zero-order chi connectivity index (χ0) is 13.0. The Bertz CT molecular complexity index is 450. The van der Waals surface area contributed by atoms with Gasteiger partial charge in [-0.15, -0.1) is 0 Å². The summed E-state index contributed by atoms with van der Waals surface area (Å²) in [6.45, 7) is 3.93. The molecule has 0 bridgehead atoms. The molecule has 1 aromatic rings. The number of carbonyl (C=O) groups is 1. The van der Waals surface area contributed by atoms with E-state index in [0.29, 0.717) is 0 Å². The van der Waals surface area contributed by atoms with Crippen molar-refractivity contribution in [3.8, 4) is 5.75 Å². The predicted molar refractivity (Wildman–Crippen MR) is 71.1 cm³/mol. The quantitative estimate of drug-likeness (QED) is 0.864. The van der Waals surface area contributed by atoms with Crippen LogP contribution in [0.5, 0.6) is 5.75 Å². The monoisotopic (exact) mass is 298 g/mol. The van der Waals surface area contributed by atoms with Gasteiger partial charge >= 0.3 is 5.97 Å². The van der Waals surface area contributed by atoms with Crippen LogP contribution in [0.3, 0.4) is 0 Å². The van der Waals surface area contributed by atoms with Gasteiger partial charge in [0.25, 0.3) is 0 Å². The first-order chi connectivity index (χ1) is 7.95. The van der Waals surface area contributed by atoms with Gasteiger partial charge in [-0.1, -0.05) is 19.9 Å². The van der Waals surface area contributed by atoms with Crippen LogP contribution in [0.15, 0.2) is 28.7 Å². The molecule has 0 atom stereocenters. The van der Waals surface area contributed by atoms with Crippen molar-refractivity contribution in [3.05, 3.63) is 34.3 Å². The summed E-state index contributed by atoms with van der Waals surface area (Å²) in [5, 5.41) is 8.85. The number of carboxylic acids is 1. The molecule has 1 rings (SSSR count). The molecule has 0 saturated carbocycles. The van der Waals surface area contributed by atoms with Gasteiger partial charge in [-0.3, -0.25) is 0 Å². The van der Waals surface area contributed by atoms with Crippen molar-refractivity contribution in [2.24, 2.45) is 5.92 Å². The molecule has 1 N–H and O–H groups in total. The summed E-state index contributed by atoms with van der Waals surface area (Å²) in [5.74, 6) is -0.0563. The molecule has 0 saturated heterocycles. The first kappa shape index (κ1) is 13.8. The molecule has 0 unspecified atom stereocenters. The van der Waals surface area contributed by atoms with Crippen molar-refractivity contribution in [2.75, 3.05) is 7.11 Å². The molecular formula is C13H15BrO3. The Kier molecular flexibility index (Phi) is 4.75. The summed E-state index contributed by atoms with van der Waals surface area (Å²) < 4.78 is 5.95. The minimum Gasteiger partial charge on any atom is -0.496 e. The number of ether oxygens (including phenoxy) is 1. The van der Waals surface area contributed by atoms with E-state index in [2.05, 4.69) is 15.9 Å². The molecule has 1 aromatic carbocycles. The van der Waals surface area contributed by atoms with E-state index in [9.17, 15) is 4.79 Å². The van der Waals surface area contributed by atoms with Crippen LogP contribution >= 0.6 is 15.9 Å². The number of carboxylic acid groups (broad SMARTS) is 1. The third-order valence-corrected chi connectivity index (χ3v) is 3.01. The summed E-state index contributed by atoms with van der Waals surface area (Å²) in [4.78, 5) is 10.8. The molecule has 0 aliphatic heterocycles. The van der Waals surface area contributed by atoms with Gasteiger partial charge in [-0.25, -0.2) is 4.79 Å². The van der Waals surface area contributed by atoms with E-state index in [1.165, 1.54) is 6.08 Å². The van der Waals surface area contributed by atoms with Crippen LogP contribution in [0.1, 0.15) is 19.4 Å². The lowest BCUT2D eigenvalue weighted by atomic mass is 9.95. The molecule has 92 valence electrons. The summed E-state index contributed by atoms with van der Waals surface area (Å²) >= 11 is 3.39. The molecule has 0 amide bonds.